The lowest BCUT2D eigenvalue weighted by Gasteiger charge is -2.10. The van der Waals surface area contributed by atoms with E-state index in [1.165, 1.54) is 6.07 Å². The van der Waals surface area contributed by atoms with E-state index >= 15 is 0 Å². The number of aliphatic hydroxyl groups excluding tert-OH is 1. The minimum Gasteiger partial charge on any atom is -0.454 e. The van der Waals surface area contributed by atoms with E-state index in [-0.39, 0.29) is 5.75 Å². The van der Waals surface area contributed by atoms with Gasteiger partial charge in [-0.2, -0.15) is 0 Å². The summed E-state index contributed by atoms with van der Waals surface area (Å²) in [6, 6.07) is 13.3. The van der Waals surface area contributed by atoms with Crippen LogP contribution in [0, 0.1) is 5.82 Å². The van der Waals surface area contributed by atoms with Crippen LogP contribution in [0.4, 0.5) is 4.39 Å². The quantitative estimate of drug-likeness (QED) is 0.881. The summed E-state index contributed by atoms with van der Waals surface area (Å²) in [5, 5.41) is 9.65. The first kappa shape index (κ1) is 12.6. The summed E-state index contributed by atoms with van der Waals surface area (Å²) in [6.45, 7) is 1.91. The molecule has 0 aromatic heterocycles. The maximum absolute atomic E-state index is 13.4. The summed E-state index contributed by atoms with van der Waals surface area (Å²) >= 11 is 0. The minimum atomic E-state index is -0.465. The summed E-state index contributed by atoms with van der Waals surface area (Å²) in [5.74, 6) is 0.351. The van der Waals surface area contributed by atoms with Gasteiger partial charge in [-0.15, -0.1) is 0 Å². The van der Waals surface area contributed by atoms with Crippen LogP contribution in [-0.2, 0) is 0 Å². The Hall–Kier alpha value is -1.87. The molecule has 0 amide bonds. The number of ether oxygens (including phenoxy) is 1. The molecule has 0 bridgehead atoms. The number of aliphatic hydroxyl groups is 1. The number of hydrogen-bond acceptors (Lipinski definition) is 2. The maximum atomic E-state index is 13.4. The average Bonchev–Trinajstić information content (AvgIpc) is 2.41. The van der Waals surface area contributed by atoms with Crippen molar-refractivity contribution in [3.8, 4) is 11.5 Å². The van der Waals surface area contributed by atoms with Gasteiger partial charge in [0.2, 0.25) is 0 Å². The highest BCUT2D eigenvalue weighted by Crippen LogP contribution is 2.26. The molecule has 0 aliphatic heterocycles. The number of hydrogen-bond donors (Lipinski definition) is 1. The predicted molar refractivity (Wildman–Crippen MR) is 68.2 cm³/mol. The molecule has 0 aliphatic carbocycles. The fourth-order valence-corrected chi connectivity index (χ4v) is 1.65. The summed E-state index contributed by atoms with van der Waals surface area (Å²) in [5.41, 5.74) is 0.832. The van der Waals surface area contributed by atoms with Crippen LogP contribution in [0.25, 0.3) is 0 Å². The van der Waals surface area contributed by atoms with Crippen molar-refractivity contribution in [2.75, 3.05) is 0 Å². The minimum absolute atomic E-state index is 0.196. The molecule has 2 aromatic rings. The Balaban J connectivity index is 2.14. The van der Waals surface area contributed by atoms with Crippen molar-refractivity contribution in [1.82, 2.24) is 0 Å². The van der Waals surface area contributed by atoms with Crippen molar-refractivity contribution >= 4 is 0 Å². The molecule has 0 saturated heterocycles. The summed E-state index contributed by atoms with van der Waals surface area (Å²) in [4.78, 5) is 0. The van der Waals surface area contributed by atoms with Crippen LogP contribution in [-0.4, -0.2) is 5.11 Å². The van der Waals surface area contributed by atoms with Gasteiger partial charge in [0.15, 0.2) is 11.6 Å². The summed E-state index contributed by atoms with van der Waals surface area (Å²) in [7, 11) is 0. The Morgan fingerprint density at radius 2 is 1.78 bits per heavy atom. The van der Waals surface area contributed by atoms with Crippen LogP contribution in [0.1, 0.15) is 25.0 Å². The van der Waals surface area contributed by atoms with E-state index in [1.807, 2.05) is 6.92 Å². The molecule has 1 N–H and O–H groups in total. The van der Waals surface area contributed by atoms with Gasteiger partial charge in [0, 0.05) is 0 Å². The highest BCUT2D eigenvalue weighted by molar-refractivity contribution is 5.34. The standard InChI is InChI=1S/C15H15FO2/c1-2-14(17)11-7-9-12(10-8-11)18-15-6-4-3-5-13(15)16/h3-10,14,17H,2H2,1H3. The first-order chi connectivity index (χ1) is 8.70. The smallest absolute Gasteiger partial charge is 0.165 e. The topological polar surface area (TPSA) is 29.5 Å². The number of rotatable bonds is 4. The molecule has 18 heavy (non-hydrogen) atoms. The lowest BCUT2D eigenvalue weighted by atomic mass is 10.1. The van der Waals surface area contributed by atoms with Crippen LogP contribution in [0.2, 0.25) is 0 Å². The second kappa shape index (κ2) is 5.65. The van der Waals surface area contributed by atoms with Crippen molar-refractivity contribution < 1.29 is 14.2 Å². The summed E-state index contributed by atoms with van der Waals surface area (Å²) < 4.78 is 18.8. The molecule has 2 nitrogen and oxygen atoms in total. The molecule has 0 saturated carbocycles. The van der Waals surface area contributed by atoms with Gasteiger partial charge in [-0.3, -0.25) is 0 Å². The van der Waals surface area contributed by atoms with E-state index in [9.17, 15) is 9.50 Å². The monoisotopic (exact) mass is 246 g/mol. The molecule has 0 aliphatic rings. The Morgan fingerprint density at radius 1 is 1.11 bits per heavy atom. The van der Waals surface area contributed by atoms with E-state index in [1.54, 1.807) is 42.5 Å². The van der Waals surface area contributed by atoms with Gasteiger partial charge >= 0.3 is 0 Å². The SMILES string of the molecule is CCC(O)c1ccc(Oc2ccccc2F)cc1. The molecule has 2 aromatic carbocycles. The van der Waals surface area contributed by atoms with Crippen molar-refractivity contribution in [3.05, 3.63) is 59.9 Å². The van der Waals surface area contributed by atoms with Crippen LogP contribution in [0.15, 0.2) is 48.5 Å². The molecule has 0 fully saturated rings. The first-order valence-corrected chi connectivity index (χ1v) is 5.91. The van der Waals surface area contributed by atoms with Crippen molar-refractivity contribution in [1.29, 1.82) is 0 Å². The Bertz CT molecular complexity index is 508. The molecule has 0 spiro atoms. The van der Waals surface area contributed by atoms with Gasteiger partial charge < -0.3 is 9.84 Å². The Morgan fingerprint density at radius 3 is 2.39 bits per heavy atom. The number of halogens is 1. The van der Waals surface area contributed by atoms with Gasteiger partial charge in [0.1, 0.15) is 5.75 Å². The Kier molecular flexibility index (Phi) is 3.95. The number of benzene rings is 2. The predicted octanol–water partition coefficient (Wildman–Crippen LogP) is 4.06. The lowest BCUT2D eigenvalue weighted by molar-refractivity contribution is 0.173. The fourth-order valence-electron chi connectivity index (χ4n) is 1.65. The largest absolute Gasteiger partial charge is 0.454 e. The van der Waals surface area contributed by atoms with E-state index in [0.717, 1.165) is 5.56 Å². The van der Waals surface area contributed by atoms with E-state index in [0.29, 0.717) is 12.2 Å². The highest BCUT2D eigenvalue weighted by Gasteiger charge is 2.06. The lowest BCUT2D eigenvalue weighted by Crippen LogP contribution is -1.95. The van der Waals surface area contributed by atoms with E-state index in [2.05, 4.69) is 0 Å². The third kappa shape index (κ3) is 2.87. The second-order valence-corrected chi connectivity index (χ2v) is 4.03. The molecular weight excluding hydrogens is 231 g/mol. The van der Waals surface area contributed by atoms with Crippen molar-refractivity contribution in [3.63, 3.8) is 0 Å². The van der Waals surface area contributed by atoms with Gasteiger partial charge in [-0.1, -0.05) is 31.2 Å². The van der Waals surface area contributed by atoms with E-state index < -0.39 is 11.9 Å². The molecule has 1 atom stereocenters. The van der Waals surface area contributed by atoms with Crippen LogP contribution in [0.3, 0.4) is 0 Å². The normalized spacial score (nSPS) is 12.2. The molecule has 1 unspecified atom stereocenters. The summed E-state index contributed by atoms with van der Waals surface area (Å²) in [6.07, 6.45) is 0.195. The van der Waals surface area contributed by atoms with Crippen molar-refractivity contribution in [2.45, 2.75) is 19.4 Å². The molecule has 2 rings (SSSR count). The van der Waals surface area contributed by atoms with Crippen LogP contribution in [0.5, 0.6) is 11.5 Å². The van der Waals surface area contributed by atoms with Crippen LogP contribution >= 0.6 is 0 Å². The zero-order chi connectivity index (χ0) is 13.0. The van der Waals surface area contributed by atoms with Crippen LogP contribution < -0.4 is 4.74 Å². The van der Waals surface area contributed by atoms with E-state index in [4.69, 9.17) is 4.74 Å². The third-order valence-electron chi connectivity index (χ3n) is 2.72. The van der Waals surface area contributed by atoms with Gasteiger partial charge in [0.25, 0.3) is 0 Å². The molecule has 94 valence electrons. The van der Waals surface area contributed by atoms with Gasteiger partial charge in [-0.05, 0) is 36.2 Å². The molecule has 3 heteroatoms. The van der Waals surface area contributed by atoms with Crippen molar-refractivity contribution in [2.24, 2.45) is 0 Å². The molecule has 0 heterocycles. The first-order valence-electron chi connectivity index (χ1n) is 5.91. The zero-order valence-electron chi connectivity index (χ0n) is 10.1. The average molecular weight is 246 g/mol. The maximum Gasteiger partial charge on any atom is 0.165 e. The van der Waals surface area contributed by atoms with Gasteiger partial charge in [-0.25, -0.2) is 4.39 Å². The molecule has 0 radical (unpaired) electrons. The highest BCUT2D eigenvalue weighted by atomic mass is 19.1. The van der Waals surface area contributed by atoms with Gasteiger partial charge in [0.05, 0.1) is 6.10 Å². The Labute approximate surface area is 106 Å². The second-order valence-electron chi connectivity index (χ2n) is 4.03. The number of para-hydroxylation sites is 1. The fraction of sp³-hybridized carbons (Fsp3) is 0.200. The zero-order valence-corrected chi connectivity index (χ0v) is 10.1. The molecular formula is C15H15FO2. The third-order valence-corrected chi connectivity index (χ3v) is 2.72.